The minimum Gasteiger partial charge on any atom is -0.545 e. The third kappa shape index (κ3) is 5.80. The Balaban J connectivity index is 0.00000336. The van der Waals surface area contributed by atoms with Crippen LogP contribution in [0.5, 0.6) is 5.75 Å². The monoisotopic (exact) mass is 539 g/mol. The molecule has 7 heteroatoms. The number of aromatic carboxylic acids is 1. The van der Waals surface area contributed by atoms with Crippen LogP contribution in [-0.2, 0) is 4.74 Å². The van der Waals surface area contributed by atoms with Crippen LogP contribution in [0.2, 0.25) is 0 Å². The summed E-state index contributed by atoms with van der Waals surface area (Å²) in [5.74, 6) is -0.263. The predicted molar refractivity (Wildman–Crippen MR) is 148 cm³/mol. The second-order valence-electron chi connectivity index (χ2n) is 10.9. The predicted octanol–water partition coefficient (Wildman–Crippen LogP) is 3.85. The molecule has 194 valence electrons. The summed E-state index contributed by atoms with van der Waals surface area (Å²) in [6, 6.07) is 13.7. The van der Waals surface area contributed by atoms with Gasteiger partial charge in [0.2, 0.25) is 0 Å². The van der Waals surface area contributed by atoms with E-state index in [0.29, 0.717) is 34.9 Å². The van der Waals surface area contributed by atoms with Crippen molar-refractivity contribution in [2.24, 2.45) is 5.92 Å². The van der Waals surface area contributed by atoms with Crippen molar-refractivity contribution >= 4 is 38.3 Å². The molecular formula is C31H34NNaO4S. The topological polar surface area (TPSA) is 71.5 Å². The molecule has 2 heterocycles. The van der Waals surface area contributed by atoms with E-state index in [1.165, 1.54) is 0 Å². The molecule has 1 aliphatic carbocycles. The molecule has 0 bridgehead atoms. The second kappa shape index (κ2) is 11.6. The maximum Gasteiger partial charge on any atom is 1.00 e. The molecule has 0 radical (unpaired) electrons. The van der Waals surface area contributed by atoms with E-state index in [1.54, 1.807) is 17.4 Å². The Hall–Kier alpha value is -1.96. The summed E-state index contributed by atoms with van der Waals surface area (Å²) in [6.07, 6.45) is 4.26. The molecule has 1 saturated carbocycles. The standard InChI is InChI=1S/C31H35NO4S.Na/c1-18(2)36-31(5)14-12-21(13-15-31)17-35-25-11-10-19(3)28-27(25)23(30(33)34)16-24(32-28)29-20(4)22-8-6-7-9-26(22)37-29;/h6-11,16,18,21H,12-15,17H2,1-5H3,(H,33,34);/q;+1/p-1. The SMILES string of the molecule is Cc1c(-c2cc(C(=O)[O-])c3c(OCC4CCC(C)(OC(C)C)CC4)ccc(C)c3n2)sc2ccccc12.[Na+]. The van der Waals surface area contributed by atoms with Crippen molar-refractivity contribution in [2.45, 2.75) is 72.0 Å². The normalized spacial score (nSPS) is 19.6. The van der Waals surface area contributed by atoms with Gasteiger partial charge in [-0.2, -0.15) is 0 Å². The molecule has 0 atom stereocenters. The zero-order chi connectivity index (χ0) is 26.3. The van der Waals surface area contributed by atoms with Crippen LogP contribution in [-0.4, -0.2) is 29.3 Å². The molecule has 2 aromatic heterocycles. The molecule has 4 aromatic rings. The van der Waals surface area contributed by atoms with E-state index in [9.17, 15) is 9.90 Å². The van der Waals surface area contributed by atoms with Gasteiger partial charge in [0.25, 0.3) is 0 Å². The van der Waals surface area contributed by atoms with Crippen molar-refractivity contribution in [2.75, 3.05) is 6.61 Å². The van der Waals surface area contributed by atoms with E-state index in [2.05, 4.69) is 39.8 Å². The van der Waals surface area contributed by atoms with E-state index in [1.807, 2.05) is 31.2 Å². The number of ether oxygens (including phenoxy) is 2. The average Bonchev–Trinajstić information content (AvgIpc) is 3.20. The fraction of sp³-hybridized carbons (Fsp3) is 0.419. The van der Waals surface area contributed by atoms with Crippen molar-refractivity contribution in [3.63, 3.8) is 0 Å². The molecule has 0 spiro atoms. The van der Waals surface area contributed by atoms with Crippen LogP contribution in [0.25, 0.3) is 31.6 Å². The van der Waals surface area contributed by atoms with Gasteiger partial charge in [0.05, 0.1) is 45.8 Å². The first-order chi connectivity index (χ1) is 17.6. The van der Waals surface area contributed by atoms with Gasteiger partial charge in [-0.1, -0.05) is 24.3 Å². The van der Waals surface area contributed by atoms with Gasteiger partial charge in [-0.15, -0.1) is 11.3 Å². The van der Waals surface area contributed by atoms with Crippen molar-refractivity contribution in [3.8, 4) is 16.3 Å². The fourth-order valence-corrected chi connectivity index (χ4v) is 6.78. The van der Waals surface area contributed by atoms with Gasteiger partial charge in [0.1, 0.15) is 5.75 Å². The Labute approximate surface area is 250 Å². The first-order valence-corrected chi connectivity index (χ1v) is 13.9. The number of aromatic nitrogens is 1. The fourth-order valence-electron chi connectivity index (χ4n) is 5.61. The largest absolute Gasteiger partial charge is 1.00 e. The Kier molecular flexibility index (Phi) is 8.90. The van der Waals surface area contributed by atoms with Gasteiger partial charge < -0.3 is 19.4 Å². The number of carbonyl (C=O) groups is 1. The number of carboxylic acids is 1. The average molecular weight is 540 g/mol. The molecule has 0 amide bonds. The van der Waals surface area contributed by atoms with E-state index in [0.717, 1.165) is 51.8 Å². The molecule has 0 N–H and O–H groups in total. The summed E-state index contributed by atoms with van der Waals surface area (Å²) in [5.41, 5.74) is 3.36. The Bertz CT molecular complexity index is 1470. The van der Waals surface area contributed by atoms with Crippen LogP contribution in [0.1, 0.15) is 67.9 Å². The van der Waals surface area contributed by atoms with Crippen molar-refractivity contribution in [1.82, 2.24) is 4.98 Å². The number of hydrogen-bond donors (Lipinski definition) is 0. The van der Waals surface area contributed by atoms with Gasteiger partial charge >= 0.3 is 29.6 Å². The molecule has 38 heavy (non-hydrogen) atoms. The summed E-state index contributed by atoms with van der Waals surface area (Å²) < 4.78 is 13.6. The van der Waals surface area contributed by atoms with Crippen molar-refractivity contribution in [3.05, 3.63) is 59.2 Å². The van der Waals surface area contributed by atoms with Crippen molar-refractivity contribution in [1.29, 1.82) is 0 Å². The number of benzene rings is 2. The quantitative estimate of drug-likeness (QED) is 0.334. The zero-order valence-electron chi connectivity index (χ0n) is 23.2. The maximum absolute atomic E-state index is 12.4. The number of nitrogens with zero attached hydrogens (tertiary/aromatic N) is 1. The van der Waals surface area contributed by atoms with Gasteiger partial charge in [0, 0.05) is 10.3 Å². The summed E-state index contributed by atoms with van der Waals surface area (Å²) in [7, 11) is 0. The number of rotatable bonds is 7. The zero-order valence-corrected chi connectivity index (χ0v) is 26.0. The van der Waals surface area contributed by atoms with Gasteiger partial charge in [-0.25, -0.2) is 4.98 Å². The number of aryl methyl sites for hydroxylation is 2. The van der Waals surface area contributed by atoms with Gasteiger partial charge in [0.15, 0.2) is 0 Å². The number of fused-ring (bicyclic) bond motifs is 2. The minimum absolute atomic E-state index is 0. The van der Waals surface area contributed by atoms with Crippen LogP contribution >= 0.6 is 11.3 Å². The number of pyridine rings is 1. The minimum atomic E-state index is -1.22. The smallest absolute Gasteiger partial charge is 0.545 e. The first-order valence-electron chi connectivity index (χ1n) is 13.1. The number of carboxylic acid groups (broad SMARTS) is 1. The number of hydrogen-bond acceptors (Lipinski definition) is 6. The summed E-state index contributed by atoms with van der Waals surface area (Å²) >= 11 is 1.63. The second-order valence-corrected chi connectivity index (χ2v) is 11.9. The van der Waals surface area contributed by atoms with E-state index in [-0.39, 0.29) is 46.8 Å². The Morgan fingerprint density at radius 2 is 1.87 bits per heavy atom. The molecule has 1 aliphatic rings. The maximum atomic E-state index is 12.4. The molecule has 0 aliphatic heterocycles. The molecule has 1 fully saturated rings. The molecular weight excluding hydrogens is 505 g/mol. The Morgan fingerprint density at radius 3 is 2.53 bits per heavy atom. The van der Waals surface area contributed by atoms with Crippen LogP contribution in [0.3, 0.4) is 0 Å². The summed E-state index contributed by atoms with van der Waals surface area (Å²) in [4.78, 5) is 18.3. The van der Waals surface area contributed by atoms with Crippen molar-refractivity contribution < 1.29 is 48.9 Å². The third-order valence-electron chi connectivity index (χ3n) is 7.58. The Morgan fingerprint density at radius 1 is 1.16 bits per heavy atom. The van der Waals surface area contributed by atoms with E-state index >= 15 is 0 Å². The molecule has 5 nitrogen and oxygen atoms in total. The first kappa shape index (κ1) is 29.0. The number of carbonyl (C=O) groups excluding carboxylic acids is 1. The van der Waals surface area contributed by atoms with Gasteiger partial charge in [-0.3, -0.25) is 0 Å². The van der Waals surface area contributed by atoms with Crippen LogP contribution in [0.15, 0.2) is 42.5 Å². The summed E-state index contributed by atoms with van der Waals surface area (Å²) in [5, 5.41) is 14.1. The van der Waals surface area contributed by atoms with E-state index in [4.69, 9.17) is 14.5 Å². The molecule has 5 rings (SSSR count). The number of thiophene rings is 1. The molecule has 0 saturated heterocycles. The van der Waals surface area contributed by atoms with Crippen LogP contribution in [0, 0.1) is 19.8 Å². The van der Waals surface area contributed by atoms with Crippen LogP contribution in [0.4, 0.5) is 0 Å². The molecule has 2 aromatic carbocycles. The van der Waals surface area contributed by atoms with E-state index < -0.39 is 5.97 Å². The van der Waals surface area contributed by atoms with Crippen LogP contribution < -0.4 is 39.4 Å². The molecule has 0 unspecified atom stereocenters. The summed E-state index contributed by atoms with van der Waals surface area (Å²) in [6.45, 7) is 10.9. The van der Waals surface area contributed by atoms with Gasteiger partial charge in [-0.05, 0) is 101 Å². The third-order valence-corrected chi connectivity index (χ3v) is 8.87.